The van der Waals surface area contributed by atoms with Crippen molar-refractivity contribution in [2.75, 3.05) is 6.61 Å². The minimum atomic E-state index is 0.0439. The number of hydrogen-bond donors (Lipinski definition) is 1. The molecule has 72 valence electrons. The summed E-state index contributed by atoms with van der Waals surface area (Å²) in [6.45, 7) is 0.813. The lowest BCUT2D eigenvalue weighted by Gasteiger charge is -2.27. The molecule has 2 rings (SSSR count). The van der Waals surface area contributed by atoms with Gasteiger partial charge in [0.2, 0.25) is 0 Å². The molecule has 0 spiro atoms. The van der Waals surface area contributed by atoms with Gasteiger partial charge in [0.1, 0.15) is 6.10 Å². The first-order chi connectivity index (χ1) is 6.27. The standard InChI is InChI=1S/C9H15N3O/c1-12-6-7(5-11-12)9-8(10)3-2-4-13-9/h5-6,8-9H,2-4,10H2,1H3/t8-,9+/m1/s1. The molecule has 4 heteroatoms. The van der Waals surface area contributed by atoms with Gasteiger partial charge in [0.05, 0.1) is 6.20 Å². The number of rotatable bonds is 1. The Morgan fingerprint density at radius 1 is 1.69 bits per heavy atom. The van der Waals surface area contributed by atoms with Crippen LogP contribution in [0, 0.1) is 0 Å². The minimum absolute atomic E-state index is 0.0439. The summed E-state index contributed by atoms with van der Waals surface area (Å²) in [4.78, 5) is 0. The molecule has 1 aliphatic heterocycles. The van der Waals surface area contributed by atoms with E-state index in [4.69, 9.17) is 10.5 Å². The normalized spacial score (nSPS) is 29.1. The number of aryl methyl sites for hydroxylation is 1. The van der Waals surface area contributed by atoms with Crippen molar-refractivity contribution in [3.8, 4) is 0 Å². The van der Waals surface area contributed by atoms with Crippen molar-refractivity contribution in [2.24, 2.45) is 12.8 Å². The Labute approximate surface area is 77.7 Å². The highest BCUT2D eigenvalue weighted by Crippen LogP contribution is 2.26. The maximum Gasteiger partial charge on any atom is 0.101 e. The summed E-state index contributed by atoms with van der Waals surface area (Å²) in [5, 5.41) is 4.11. The van der Waals surface area contributed by atoms with E-state index >= 15 is 0 Å². The third-order valence-corrected chi connectivity index (χ3v) is 2.42. The summed E-state index contributed by atoms with van der Waals surface area (Å²) in [5.41, 5.74) is 7.05. The SMILES string of the molecule is Cn1cc([C@@H]2OCCC[C@H]2N)cn1. The lowest BCUT2D eigenvalue weighted by molar-refractivity contribution is 0.000107. The van der Waals surface area contributed by atoms with E-state index in [2.05, 4.69) is 5.10 Å². The Bertz CT molecular complexity index is 284. The molecule has 1 aromatic heterocycles. The summed E-state index contributed by atoms with van der Waals surface area (Å²) in [7, 11) is 1.90. The lowest BCUT2D eigenvalue weighted by atomic mass is 9.99. The summed E-state index contributed by atoms with van der Waals surface area (Å²) in [6.07, 6.45) is 5.95. The Morgan fingerprint density at radius 3 is 3.15 bits per heavy atom. The first-order valence-electron chi connectivity index (χ1n) is 4.63. The Balaban J connectivity index is 2.14. The van der Waals surface area contributed by atoms with Crippen molar-refractivity contribution >= 4 is 0 Å². The second kappa shape index (κ2) is 3.47. The van der Waals surface area contributed by atoms with Crippen LogP contribution in [-0.2, 0) is 11.8 Å². The van der Waals surface area contributed by atoms with Gasteiger partial charge >= 0.3 is 0 Å². The molecule has 1 aliphatic rings. The summed E-state index contributed by atoms with van der Waals surface area (Å²) in [5.74, 6) is 0. The van der Waals surface area contributed by atoms with Crippen molar-refractivity contribution in [1.29, 1.82) is 0 Å². The van der Waals surface area contributed by atoms with E-state index < -0.39 is 0 Å². The average molecular weight is 181 g/mol. The van der Waals surface area contributed by atoms with E-state index in [0.29, 0.717) is 0 Å². The predicted molar refractivity (Wildman–Crippen MR) is 49.1 cm³/mol. The maximum absolute atomic E-state index is 5.96. The quantitative estimate of drug-likeness (QED) is 0.690. The number of aromatic nitrogens is 2. The summed E-state index contributed by atoms with van der Waals surface area (Å²) in [6, 6.07) is 0.123. The smallest absolute Gasteiger partial charge is 0.101 e. The number of nitrogens with zero attached hydrogens (tertiary/aromatic N) is 2. The molecule has 0 radical (unpaired) electrons. The molecule has 1 aromatic rings. The summed E-state index contributed by atoms with van der Waals surface area (Å²) < 4.78 is 7.39. The van der Waals surface area contributed by atoms with Crippen LogP contribution < -0.4 is 5.73 Å². The molecule has 4 nitrogen and oxygen atoms in total. The molecule has 2 atom stereocenters. The fourth-order valence-corrected chi connectivity index (χ4v) is 1.73. The number of nitrogens with two attached hydrogens (primary N) is 1. The molecule has 0 aromatic carbocycles. The fraction of sp³-hybridized carbons (Fsp3) is 0.667. The van der Waals surface area contributed by atoms with Crippen LogP contribution in [0.15, 0.2) is 12.4 Å². The van der Waals surface area contributed by atoms with Crippen LogP contribution in [0.2, 0.25) is 0 Å². The molecule has 2 heterocycles. The molecule has 0 aliphatic carbocycles. The topological polar surface area (TPSA) is 53.1 Å². The molecule has 0 saturated carbocycles. The zero-order valence-corrected chi connectivity index (χ0v) is 7.81. The van der Waals surface area contributed by atoms with Gasteiger partial charge in [0.25, 0.3) is 0 Å². The van der Waals surface area contributed by atoms with Crippen LogP contribution in [0.3, 0.4) is 0 Å². The van der Waals surface area contributed by atoms with Crippen molar-refractivity contribution in [2.45, 2.75) is 25.0 Å². The van der Waals surface area contributed by atoms with Crippen molar-refractivity contribution in [3.05, 3.63) is 18.0 Å². The minimum Gasteiger partial charge on any atom is -0.372 e. The maximum atomic E-state index is 5.96. The van der Waals surface area contributed by atoms with Gasteiger partial charge in [-0.25, -0.2) is 0 Å². The van der Waals surface area contributed by atoms with Crippen LogP contribution in [0.5, 0.6) is 0 Å². The second-order valence-electron chi connectivity index (χ2n) is 3.54. The van der Waals surface area contributed by atoms with Crippen LogP contribution in [0.1, 0.15) is 24.5 Å². The molecule has 2 N–H and O–H groups in total. The first kappa shape index (κ1) is 8.72. The lowest BCUT2D eigenvalue weighted by Crippen LogP contribution is -2.34. The van der Waals surface area contributed by atoms with Crippen LogP contribution in [0.25, 0.3) is 0 Å². The predicted octanol–water partition coefficient (Wildman–Crippen LogP) is 0.599. The van der Waals surface area contributed by atoms with Crippen molar-refractivity contribution in [1.82, 2.24) is 9.78 Å². The van der Waals surface area contributed by atoms with E-state index in [1.165, 1.54) is 0 Å². The molecule has 0 unspecified atom stereocenters. The highest BCUT2D eigenvalue weighted by atomic mass is 16.5. The van der Waals surface area contributed by atoms with Gasteiger partial charge in [-0.2, -0.15) is 5.10 Å². The van der Waals surface area contributed by atoms with E-state index in [1.807, 2.05) is 19.4 Å². The Kier molecular flexibility index (Phi) is 2.33. The zero-order valence-electron chi connectivity index (χ0n) is 7.81. The van der Waals surface area contributed by atoms with Gasteiger partial charge in [0, 0.05) is 31.5 Å². The van der Waals surface area contributed by atoms with E-state index in [1.54, 1.807) is 4.68 Å². The molecule has 1 fully saturated rings. The molecular formula is C9H15N3O. The molecular weight excluding hydrogens is 166 g/mol. The highest BCUT2D eigenvalue weighted by Gasteiger charge is 2.24. The van der Waals surface area contributed by atoms with Gasteiger partial charge in [-0.15, -0.1) is 0 Å². The van der Waals surface area contributed by atoms with E-state index in [-0.39, 0.29) is 12.1 Å². The average Bonchev–Trinajstić information content (AvgIpc) is 2.53. The van der Waals surface area contributed by atoms with Crippen LogP contribution >= 0.6 is 0 Å². The first-order valence-corrected chi connectivity index (χ1v) is 4.63. The second-order valence-corrected chi connectivity index (χ2v) is 3.54. The molecule has 0 amide bonds. The van der Waals surface area contributed by atoms with Gasteiger partial charge in [-0.3, -0.25) is 4.68 Å². The third-order valence-electron chi connectivity index (χ3n) is 2.42. The monoisotopic (exact) mass is 181 g/mol. The highest BCUT2D eigenvalue weighted by molar-refractivity contribution is 5.11. The van der Waals surface area contributed by atoms with Crippen molar-refractivity contribution < 1.29 is 4.74 Å². The fourth-order valence-electron chi connectivity index (χ4n) is 1.73. The molecule has 13 heavy (non-hydrogen) atoms. The Morgan fingerprint density at radius 2 is 2.54 bits per heavy atom. The van der Waals surface area contributed by atoms with Crippen molar-refractivity contribution in [3.63, 3.8) is 0 Å². The van der Waals surface area contributed by atoms with Gasteiger partial charge < -0.3 is 10.5 Å². The zero-order chi connectivity index (χ0) is 9.26. The summed E-state index contributed by atoms with van der Waals surface area (Å²) >= 11 is 0. The molecule has 0 bridgehead atoms. The number of hydrogen-bond acceptors (Lipinski definition) is 3. The van der Waals surface area contributed by atoms with Gasteiger partial charge in [-0.05, 0) is 12.8 Å². The third kappa shape index (κ3) is 1.73. The van der Waals surface area contributed by atoms with Gasteiger partial charge in [-0.1, -0.05) is 0 Å². The Hall–Kier alpha value is -0.870. The number of ether oxygens (including phenoxy) is 1. The van der Waals surface area contributed by atoms with E-state index in [0.717, 1.165) is 25.0 Å². The van der Waals surface area contributed by atoms with Gasteiger partial charge in [0.15, 0.2) is 0 Å². The largest absolute Gasteiger partial charge is 0.372 e. The van der Waals surface area contributed by atoms with E-state index in [9.17, 15) is 0 Å². The van der Waals surface area contributed by atoms with Crippen LogP contribution in [0.4, 0.5) is 0 Å². The van der Waals surface area contributed by atoms with Crippen LogP contribution in [-0.4, -0.2) is 22.4 Å². The molecule has 1 saturated heterocycles.